The van der Waals surface area contributed by atoms with E-state index >= 15 is 0 Å². The van der Waals surface area contributed by atoms with Crippen molar-refractivity contribution in [2.75, 3.05) is 27.2 Å². The van der Waals surface area contributed by atoms with Crippen molar-refractivity contribution in [1.82, 2.24) is 9.80 Å². The van der Waals surface area contributed by atoms with Crippen LogP contribution in [-0.4, -0.2) is 57.5 Å². The standard InChI is InChI=1S/C16H24Cl4N2O2/c1-13(9-15(13,17)18)11(23)21(3)7-5-6-8-22(4)12(24)14(2)10-16(14,19)20/h5-10H2,1-4H3. The number of hydrogen-bond acceptors (Lipinski definition) is 2. The van der Waals surface area contributed by atoms with Crippen molar-refractivity contribution < 1.29 is 9.59 Å². The Hall–Kier alpha value is 0.1000. The van der Waals surface area contributed by atoms with Gasteiger partial charge >= 0.3 is 0 Å². The average molecular weight is 418 g/mol. The van der Waals surface area contributed by atoms with E-state index in [9.17, 15) is 9.59 Å². The minimum absolute atomic E-state index is 0.0310. The van der Waals surface area contributed by atoms with E-state index in [2.05, 4.69) is 0 Å². The summed E-state index contributed by atoms with van der Waals surface area (Å²) < 4.78 is -1.89. The molecular formula is C16H24Cl4N2O2. The molecule has 0 heterocycles. The fourth-order valence-electron chi connectivity index (χ4n) is 3.01. The molecule has 0 aliphatic heterocycles. The quantitative estimate of drug-likeness (QED) is 0.466. The molecule has 2 saturated carbocycles. The second-order valence-electron chi connectivity index (χ2n) is 7.59. The molecule has 2 aliphatic carbocycles. The summed E-state index contributed by atoms with van der Waals surface area (Å²) >= 11 is 24.2. The molecule has 2 rings (SSSR count). The highest BCUT2D eigenvalue weighted by Gasteiger charge is 2.69. The molecule has 2 unspecified atom stereocenters. The molecule has 8 heteroatoms. The number of halogens is 4. The van der Waals surface area contributed by atoms with Crippen LogP contribution in [0, 0.1) is 10.8 Å². The van der Waals surface area contributed by atoms with Gasteiger partial charge in [-0.15, -0.1) is 46.4 Å². The summed E-state index contributed by atoms with van der Waals surface area (Å²) in [7, 11) is 3.51. The number of carbonyl (C=O) groups excluding carboxylic acids is 2. The van der Waals surface area contributed by atoms with Crippen LogP contribution in [0.15, 0.2) is 0 Å². The lowest BCUT2D eigenvalue weighted by atomic mass is 10.1. The molecule has 0 radical (unpaired) electrons. The van der Waals surface area contributed by atoms with Crippen LogP contribution in [0.5, 0.6) is 0 Å². The van der Waals surface area contributed by atoms with Gasteiger partial charge in [-0.05, 0) is 39.5 Å². The molecule has 0 aromatic carbocycles. The third kappa shape index (κ3) is 3.49. The molecule has 24 heavy (non-hydrogen) atoms. The van der Waals surface area contributed by atoms with Gasteiger partial charge in [-0.3, -0.25) is 9.59 Å². The highest BCUT2D eigenvalue weighted by molar-refractivity contribution is 6.53. The van der Waals surface area contributed by atoms with E-state index in [0.717, 1.165) is 12.8 Å². The Balaban J connectivity index is 1.70. The van der Waals surface area contributed by atoms with Crippen LogP contribution >= 0.6 is 46.4 Å². The van der Waals surface area contributed by atoms with Crippen molar-refractivity contribution >= 4 is 58.2 Å². The lowest BCUT2D eigenvalue weighted by Gasteiger charge is -2.24. The van der Waals surface area contributed by atoms with Crippen LogP contribution in [0.3, 0.4) is 0 Å². The lowest BCUT2D eigenvalue weighted by Crippen LogP contribution is -2.37. The highest BCUT2D eigenvalue weighted by Crippen LogP contribution is 2.65. The summed E-state index contributed by atoms with van der Waals surface area (Å²) in [5.74, 6) is -0.0621. The molecule has 0 saturated heterocycles. The predicted molar refractivity (Wildman–Crippen MR) is 98.8 cm³/mol. The number of amides is 2. The minimum atomic E-state index is -0.944. The molecular weight excluding hydrogens is 394 g/mol. The summed E-state index contributed by atoms with van der Waals surface area (Å²) in [5.41, 5.74) is -1.36. The molecule has 4 nitrogen and oxygen atoms in total. The van der Waals surface area contributed by atoms with Gasteiger partial charge in [0.1, 0.15) is 8.67 Å². The van der Waals surface area contributed by atoms with E-state index in [4.69, 9.17) is 46.4 Å². The summed E-state index contributed by atoms with van der Waals surface area (Å²) in [5, 5.41) is 0. The Kier molecular flexibility index (Phi) is 5.41. The lowest BCUT2D eigenvalue weighted by molar-refractivity contribution is -0.136. The molecule has 0 bridgehead atoms. The number of rotatable bonds is 7. The average Bonchev–Trinajstić information content (AvgIpc) is 3.21. The number of unbranched alkanes of at least 4 members (excludes halogenated alkanes) is 1. The van der Waals surface area contributed by atoms with Gasteiger partial charge in [0.25, 0.3) is 0 Å². The van der Waals surface area contributed by atoms with Gasteiger partial charge in [-0.25, -0.2) is 0 Å². The van der Waals surface area contributed by atoms with Crippen molar-refractivity contribution in [2.24, 2.45) is 10.8 Å². The Morgan fingerprint density at radius 1 is 0.792 bits per heavy atom. The Labute approximate surface area is 163 Å². The highest BCUT2D eigenvalue weighted by atomic mass is 35.5. The number of alkyl halides is 4. The first-order valence-corrected chi connectivity index (χ1v) is 9.56. The van der Waals surface area contributed by atoms with Crippen LogP contribution < -0.4 is 0 Å². The molecule has 138 valence electrons. The van der Waals surface area contributed by atoms with Crippen molar-refractivity contribution in [3.05, 3.63) is 0 Å². The second-order valence-corrected chi connectivity index (χ2v) is 10.6. The molecule has 2 aliphatic rings. The van der Waals surface area contributed by atoms with E-state index in [0.29, 0.717) is 25.9 Å². The van der Waals surface area contributed by atoms with Crippen LogP contribution in [0.2, 0.25) is 0 Å². The van der Waals surface area contributed by atoms with Crippen LogP contribution in [0.25, 0.3) is 0 Å². The fraction of sp³-hybridized carbons (Fsp3) is 0.875. The third-order valence-corrected chi connectivity index (χ3v) is 7.59. The van der Waals surface area contributed by atoms with Gasteiger partial charge in [-0.2, -0.15) is 0 Å². The van der Waals surface area contributed by atoms with Crippen molar-refractivity contribution in [1.29, 1.82) is 0 Å². The predicted octanol–water partition coefficient (Wildman–Crippen LogP) is 3.85. The number of carbonyl (C=O) groups is 2. The van der Waals surface area contributed by atoms with E-state index in [-0.39, 0.29) is 11.8 Å². The Morgan fingerprint density at radius 3 is 1.25 bits per heavy atom. The maximum absolute atomic E-state index is 12.4. The van der Waals surface area contributed by atoms with E-state index in [1.54, 1.807) is 37.7 Å². The first-order valence-electron chi connectivity index (χ1n) is 8.05. The van der Waals surface area contributed by atoms with Crippen LogP contribution in [0.1, 0.15) is 39.5 Å². The molecule has 0 N–H and O–H groups in total. The molecule has 0 aromatic rings. The van der Waals surface area contributed by atoms with Gasteiger partial charge in [0, 0.05) is 27.2 Å². The zero-order valence-electron chi connectivity index (χ0n) is 14.5. The maximum atomic E-state index is 12.4. The fourth-order valence-corrected chi connectivity index (χ4v) is 4.40. The van der Waals surface area contributed by atoms with Crippen LogP contribution in [-0.2, 0) is 9.59 Å². The van der Waals surface area contributed by atoms with Crippen molar-refractivity contribution in [3.8, 4) is 0 Å². The number of nitrogens with zero attached hydrogens (tertiary/aromatic N) is 2. The van der Waals surface area contributed by atoms with E-state index in [1.165, 1.54) is 0 Å². The number of hydrogen-bond donors (Lipinski definition) is 0. The maximum Gasteiger partial charge on any atom is 0.231 e. The van der Waals surface area contributed by atoms with Gasteiger partial charge in [-0.1, -0.05) is 0 Å². The minimum Gasteiger partial charge on any atom is -0.345 e. The molecule has 0 spiro atoms. The Bertz CT molecular complexity index is 506. The smallest absolute Gasteiger partial charge is 0.231 e. The SMILES string of the molecule is CN(CCCCN(C)C(=O)C1(C)CC1(Cl)Cl)C(=O)C1(C)CC1(Cl)Cl. The second kappa shape index (κ2) is 6.37. The molecule has 2 fully saturated rings. The topological polar surface area (TPSA) is 40.6 Å². The summed E-state index contributed by atoms with van der Waals surface area (Å²) in [6, 6.07) is 0. The summed E-state index contributed by atoms with van der Waals surface area (Å²) in [4.78, 5) is 28.0. The van der Waals surface area contributed by atoms with Gasteiger partial charge in [0.05, 0.1) is 10.8 Å². The van der Waals surface area contributed by atoms with Crippen molar-refractivity contribution in [3.63, 3.8) is 0 Å². The largest absolute Gasteiger partial charge is 0.345 e. The van der Waals surface area contributed by atoms with Gasteiger partial charge < -0.3 is 9.80 Å². The van der Waals surface area contributed by atoms with Crippen molar-refractivity contribution in [2.45, 2.75) is 48.2 Å². The first-order chi connectivity index (χ1) is 10.8. The third-order valence-electron chi connectivity index (χ3n) is 5.39. The first kappa shape index (κ1) is 20.4. The molecule has 2 amide bonds. The summed E-state index contributed by atoms with van der Waals surface area (Å²) in [6.45, 7) is 4.79. The zero-order valence-corrected chi connectivity index (χ0v) is 17.5. The van der Waals surface area contributed by atoms with Gasteiger partial charge in [0.2, 0.25) is 11.8 Å². The summed E-state index contributed by atoms with van der Waals surface area (Å²) in [6.07, 6.45) is 2.55. The molecule has 0 aromatic heterocycles. The molecule has 2 atom stereocenters. The van der Waals surface area contributed by atoms with Crippen LogP contribution in [0.4, 0.5) is 0 Å². The van der Waals surface area contributed by atoms with Gasteiger partial charge in [0.15, 0.2) is 0 Å². The Morgan fingerprint density at radius 2 is 1.04 bits per heavy atom. The van der Waals surface area contributed by atoms with E-state index in [1.807, 2.05) is 0 Å². The van der Waals surface area contributed by atoms with E-state index < -0.39 is 19.5 Å². The zero-order chi connectivity index (χ0) is 18.6. The monoisotopic (exact) mass is 416 g/mol. The normalized spacial score (nSPS) is 32.2.